The smallest absolute Gasteiger partial charge is 0.270 e. The molecule has 0 bridgehead atoms. The lowest BCUT2D eigenvalue weighted by Crippen LogP contribution is -2.53. The molecule has 0 aliphatic carbocycles. The number of aryl methyl sites for hydroxylation is 1. The average molecular weight is 357 g/mol. The van der Waals surface area contributed by atoms with Crippen molar-refractivity contribution in [3.63, 3.8) is 0 Å². The van der Waals surface area contributed by atoms with E-state index in [1.807, 2.05) is 25.1 Å². The Hall–Kier alpha value is -2.80. The summed E-state index contributed by atoms with van der Waals surface area (Å²) >= 11 is 0. The van der Waals surface area contributed by atoms with Crippen LogP contribution in [0.25, 0.3) is 0 Å². The largest absolute Gasteiger partial charge is 0.490 e. The van der Waals surface area contributed by atoms with Gasteiger partial charge in [-0.2, -0.15) is 0 Å². The summed E-state index contributed by atoms with van der Waals surface area (Å²) in [6.07, 6.45) is 0.484. The van der Waals surface area contributed by atoms with Crippen LogP contribution in [-0.2, 0) is 4.79 Å². The highest BCUT2D eigenvalue weighted by Crippen LogP contribution is 2.16. The molecule has 2 heterocycles. The Labute approximate surface area is 152 Å². The summed E-state index contributed by atoms with van der Waals surface area (Å²) in [6.45, 7) is 3.48. The van der Waals surface area contributed by atoms with Gasteiger partial charge < -0.3 is 24.6 Å². The van der Waals surface area contributed by atoms with E-state index in [0.29, 0.717) is 37.6 Å². The van der Waals surface area contributed by atoms with Gasteiger partial charge in [0.05, 0.1) is 0 Å². The first-order valence-electron chi connectivity index (χ1n) is 8.64. The molecule has 2 amide bonds. The molecule has 26 heavy (non-hydrogen) atoms. The fourth-order valence-electron chi connectivity index (χ4n) is 2.93. The zero-order valence-corrected chi connectivity index (χ0v) is 14.7. The number of carbonyl (C=O) groups is 2. The van der Waals surface area contributed by atoms with Gasteiger partial charge in [0, 0.05) is 32.4 Å². The van der Waals surface area contributed by atoms with E-state index in [-0.39, 0.29) is 18.4 Å². The first-order chi connectivity index (χ1) is 12.6. The van der Waals surface area contributed by atoms with Crippen molar-refractivity contribution in [3.8, 4) is 5.75 Å². The molecule has 7 nitrogen and oxygen atoms in total. The maximum Gasteiger partial charge on any atom is 0.270 e. The van der Waals surface area contributed by atoms with E-state index in [2.05, 4.69) is 4.98 Å². The van der Waals surface area contributed by atoms with Gasteiger partial charge in [-0.1, -0.05) is 18.2 Å². The number of ether oxygens (including phenoxy) is 1. The van der Waals surface area contributed by atoms with Crippen LogP contribution in [0, 0.1) is 6.92 Å². The van der Waals surface area contributed by atoms with E-state index in [9.17, 15) is 14.7 Å². The Bertz CT molecular complexity index is 752. The summed E-state index contributed by atoms with van der Waals surface area (Å²) < 4.78 is 5.55. The van der Waals surface area contributed by atoms with Crippen molar-refractivity contribution in [1.82, 2.24) is 14.8 Å². The summed E-state index contributed by atoms with van der Waals surface area (Å²) in [7, 11) is 0. The Balaban J connectivity index is 1.48. The molecule has 1 aromatic carbocycles. The molecule has 0 saturated carbocycles. The minimum absolute atomic E-state index is 0.0782. The normalized spacial score (nSPS) is 15.6. The van der Waals surface area contributed by atoms with Gasteiger partial charge in [0.2, 0.25) is 0 Å². The van der Waals surface area contributed by atoms with Gasteiger partial charge >= 0.3 is 0 Å². The number of benzene rings is 1. The van der Waals surface area contributed by atoms with Crippen molar-refractivity contribution in [2.45, 2.75) is 13.0 Å². The van der Waals surface area contributed by atoms with Crippen LogP contribution in [0.1, 0.15) is 16.1 Å². The third-order valence-corrected chi connectivity index (χ3v) is 4.48. The second kappa shape index (κ2) is 8.05. The van der Waals surface area contributed by atoms with E-state index in [0.717, 1.165) is 5.56 Å². The number of amides is 2. The zero-order chi connectivity index (χ0) is 18.5. The number of carbonyl (C=O) groups excluding carboxylic acids is 2. The molecular formula is C19H23N3O4. The zero-order valence-electron chi connectivity index (χ0n) is 14.7. The highest BCUT2D eigenvalue weighted by Gasteiger charge is 2.28. The molecular weight excluding hydrogens is 334 g/mol. The molecule has 138 valence electrons. The molecule has 1 aliphatic rings. The van der Waals surface area contributed by atoms with Gasteiger partial charge in [-0.05, 0) is 30.7 Å². The third kappa shape index (κ3) is 4.05. The number of piperazine rings is 1. The summed E-state index contributed by atoms with van der Waals surface area (Å²) in [4.78, 5) is 30.8. The minimum atomic E-state index is -1.22. The van der Waals surface area contributed by atoms with E-state index in [1.165, 1.54) is 0 Å². The third-order valence-electron chi connectivity index (χ3n) is 4.48. The molecule has 0 unspecified atom stereocenters. The van der Waals surface area contributed by atoms with Gasteiger partial charge in [-0.3, -0.25) is 9.59 Å². The molecule has 1 atom stereocenters. The molecule has 0 spiro atoms. The van der Waals surface area contributed by atoms with E-state index < -0.39 is 6.10 Å². The Morgan fingerprint density at radius 2 is 1.81 bits per heavy atom. The van der Waals surface area contributed by atoms with Crippen LogP contribution in [0.3, 0.4) is 0 Å². The first kappa shape index (κ1) is 18.0. The number of aliphatic hydroxyl groups excluding tert-OH is 1. The quantitative estimate of drug-likeness (QED) is 0.837. The van der Waals surface area contributed by atoms with Crippen molar-refractivity contribution in [2.24, 2.45) is 0 Å². The molecule has 1 aliphatic heterocycles. The number of nitrogens with one attached hydrogen (secondary N) is 1. The number of rotatable bonds is 5. The van der Waals surface area contributed by atoms with Crippen molar-refractivity contribution in [3.05, 3.63) is 53.9 Å². The molecule has 1 fully saturated rings. The number of aromatic nitrogens is 1. The highest BCUT2D eigenvalue weighted by molar-refractivity contribution is 5.92. The maximum absolute atomic E-state index is 12.4. The number of para-hydroxylation sites is 1. The topological polar surface area (TPSA) is 85.9 Å². The summed E-state index contributed by atoms with van der Waals surface area (Å²) in [5.41, 5.74) is 1.49. The van der Waals surface area contributed by atoms with E-state index in [4.69, 9.17) is 4.74 Å². The second-order valence-electron chi connectivity index (χ2n) is 6.29. The predicted octanol–water partition coefficient (Wildman–Crippen LogP) is 1.05. The Kier molecular flexibility index (Phi) is 5.58. The summed E-state index contributed by atoms with van der Waals surface area (Å²) in [6, 6.07) is 11.0. The predicted molar refractivity (Wildman–Crippen MR) is 96.0 cm³/mol. The van der Waals surface area contributed by atoms with Gasteiger partial charge in [-0.15, -0.1) is 0 Å². The van der Waals surface area contributed by atoms with E-state index in [1.54, 1.807) is 34.2 Å². The number of aliphatic hydroxyl groups is 1. The van der Waals surface area contributed by atoms with Crippen LogP contribution in [0.4, 0.5) is 0 Å². The van der Waals surface area contributed by atoms with Gasteiger partial charge in [-0.25, -0.2) is 0 Å². The number of hydrogen-bond donors (Lipinski definition) is 2. The molecule has 3 rings (SSSR count). The van der Waals surface area contributed by atoms with Crippen LogP contribution in [-0.4, -0.2) is 70.6 Å². The number of hydrogen-bond acceptors (Lipinski definition) is 4. The van der Waals surface area contributed by atoms with Crippen LogP contribution in [0.2, 0.25) is 0 Å². The fourth-order valence-corrected chi connectivity index (χ4v) is 2.93. The Morgan fingerprint density at radius 1 is 1.12 bits per heavy atom. The molecule has 2 aromatic rings. The van der Waals surface area contributed by atoms with Crippen LogP contribution in [0.15, 0.2) is 42.6 Å². The van der Waals surface area contributed by atoms with Crippen molar-refractivity contribution >= 4 is 11.8 Å². The monoisotopic (exact) mass is 357 g/mol. The first-order valence-corrected chi connectivity index (χ1v) is 8.64. The van der Waals surface area contributed by atoms with E-state index >= 15 is 0 Å². The highest BCUT2D eigenvalue weighted by atomic mass is 16.5. The van der Waals surface area contributed by atoms with Crippen molar-refractivity contribution in [2.75, 3.05) is 32.8 Å². The van der Waals surface area contributed by atoms with Crippen LogP contribution < -0.4 is 4.74 Å². The number of H-pyrrole nitrogens is 1. The lowest BCUT2D eigenvalue weighted by atomic mass is 10.2. The van der Waals surface area contributed by atoms with Gasteiger partial charge in [0.25, 0.3) is 11.8 Å². The second-order valence-corrected chi connectivity index (χ2v) is 6.29. The van der Waals surface area contributed by atoms with Crippen molar-refractivity contribution in [1.29, 1.82) is 0 Å². The van der Waals surface area contributed by atoms with Crippen molar-refractivity contribution < 1.29 is 19.4 Å². The van der Waals surface area contributed by atoms with Gasteiger partial charge in [0.1, 0.15) is 18.1 Å². The molecule has 2 N–H and O–H groups in total. The molecule has 0 radical (unpaired) electrons. The number of nitrogens with zero attached hydrogens (tertiary/aromatic N) is 2. The summed E-state index contributed by atoms with van der Waals surface area (Å²) in [5.74, 6) is 0.205. The molecule has 7 heteroatoms. The lowest BCUT2D eigenvalue weighted by Gasteiger charge is -2.35. The minimum Gasteiger partial charge on any atom is -0.490 e. The van der Waals surface area contributed by atoms with Crippen LogP contribution >= 0.6 is 0 Å². The Morgan fingerprint density at radius 3 is 2.46 bits per heavy atom. The van der Waals surface area contributed by atoms with Gasteiger partial charge in [0.15, 0.2) is 6.10 Å². The molecule has 1 aromatic heterocycles. The number of aromatic amines is 1. The SMILES string of the molecule is Cc1ccccc1OC[C@@H](O)C(=O)N1CCN(C(=O)c2ccc[nH]2)CC1. The maximum atomic E-state index is 12.4. The standard InChI is InChI=1S/C19H23N3O4/c1-14-5-2-3-7-17(14)26-13-16(23)19(25)22-11-9-21(10-12-22)18(24)15-6-4-8-20-15/h2-8,16,20,23H,9-13H2,1H3/t16-/m1/s1. The fraction of sp³-hybridized carbons (Fsp3) is 0.368. The molecule has 1 saturated heterocycles. The summed E-state index contributed by atoms with van der Waals surface area (Å²) in [5, 5.41) is 10.1. The van der Waals surface area contributed by atoms with Crippen LogP contribution in [0.5, 0.6) is 5.75 Å². The lowest BCUT2D eigenvalue weighted by molar-refractivity contribution is -0.143. The average Bonchev–Trinajstić information content (AvgIpc) is 3.21.